The molecule has 1 amide bonds. The molecule has 114 valence electrons. The zero-order valence-corrected chi connectivity index (χ0v) is 13.4. The predicted octanol–water partition coefficient (Wildman–Crippen LogP) is 2.14. The number of rotatable bonds is 6. The van der Waals surface area contributed by atoms with Gasteiger partial charge in [0.05, 0.1) is 11.8 Å². The first-order chi connectivity index (χ1) is 9.23. The molecule has 2 N–H and O–H groups in total. The van der Waals surface area contributed by atoms with Gasteiger partial charge in [0.1, 0.15) is 0 Å². The van der Waals surface area contributed by atoms with Gasteiger partial charge in [0.25, 0.3) is 0 Å². The highest BCUT2D eigenvalue weighted by Crippen LogP contribution is 2.25. The first-order valence-electron chi connectivity index (χ1n) is 7.23. The Morgan fingerprint density at radius 2 is 1.90 bits per heavy atom. The van der Waals surface area contributed by atoms with Gasteiger partial charge < -0.3 is 10.0 Å². The third kappa shape index (κ3) is 4.07. The molecule has 2 unspecified atom stereocenters. The first kappa shape index (κ1) is 16.7. The molecule has 1 aromatic heterocycles. The molecule has 0 aliphatic heterocycles. The summed E-state index contributed by atoms with van der Waals surface area (Å²) in [6.45, 7) is 12.0. The van der Waals surface area contributed by atoms with Crippen LogP contribution in [0.4, 0.5) is 0 Å². The van der Waals surface area contributed by atoms with Crippen LogP contribution in [0.25, 0.3) is 0 Å². The van der Waals surface area contributed by atoms with Crippen molar-refractivity contribution in [2.24, 2.45) is 0 Å². The molecule has 1 aromatic rings. The Balaban J connectivity index is 2.78. The highest BCUT2D eigenvalue weighted by Gasteiger charge is 2.23. The van der Waals surface area contributed by atoms with E-state index in [9.17, 15) is 9.90 Å². The number of aryl methyl sites for hydroxylation is 2. The molecule has 2 atom stereocenters. The molecule has 0 aliphatic rings. The molecule has 1 heterocycles. The van der Waals surface area contributed by atoms with Crippen LogP contribution in [0.15, 0.2) is 0 Å². The summed E-state index contributed by atoms with van der Waals surface area (Å²) in [5.74, 6) is 0.199. The number of amides is 1. The van der Waals surface area contributed by atoms with E-state index in [0.717, 1.165) is 17.0 Å². The van der Waals surface area contributed by atoms with Gasteiger partial charge in [0, 0.05) is 24.7 Å². The molecule has 5 heteroatoms. The van der Waals surface area contributed by atoms with E-state index in [1.807, 2.05) is 34.6 Å². The quantitative estimate of drug-likeness (QED) is 0.839. The van der Waals surface area contributed by atoms with Crippen molar-refractivity contribution in [3.05, 3.63) is 17.0 Å². The van der Waals surface area contributed by atoms with Gasteiger partial charge in [-0.25, -0.2) is 0 Å². The van der Waals surface area contributed by atoms with Crippen LogP contribution in [0, 0.1) is 13.8 Å². The third-order valence-electron chi connectivity index (χ3n) is 3.56. The van der Waals surface area contributed by atoms with E-state index in [0.29, 0.717) is 13.0 Å². The standard InChI is InChI=1S/C15H27N3O2/c1-9(2)18(8-11(4)19)14(20)7-10(3)15-12(5)16-17-13(15)6/h9-11,19H,7-8H2,1-6H3,(H,16,17). The number of nitrogens with zero attached hydrogens (tertiary/aromatic N) is 2. The van der Waals surface area contributed by atoms with Gasteiger partial charge in [-0.05, 0) is 46.1 Å². The second-order valence-electron chi connectivity index (χ2n) is 5.94. The Kier molecular flexibility index (Phi) is 5.74. The van der Waals surface area contributed by atoms with Crippen molar-refractivity contribution in [3.8, 4) is 0 Å². The summed E-state index contributed by atoms with van der Waals surface area (Å²) >= 11 is 0. The normalized spacial score (nSPS) is 14.4. The lowest BCUT2D eigenvalue weighted by Gasteiger charge is -2.29. The van der Waals surface area contributed by atoms with E-state index in [1.54, 1.807) is 11.8 Å². The molecule has 0 saturated heterocycles. The van der Waals surface area contributed by atoms with Crippen molar-refractivity contribution in [2.45, 2.75) is 66.0 Å². The smallest absolute Gasteiger partial charge is 0.223 e. The fourth-order valence-electron chi connectivity index (χ4n) is 2.65. The lowest BCUT2D eigenvalue weighted by atomic mass is 9.95. The van der Waals surface area contributed by atoms with E-state index in [-0.39, 0.29) is 17.9 Å². The van der Waals surface area contributed by atoms with Crippen molar-refractivity contribution in [1.29, 1.82) is 0 Å². The van der Waals surface area contributed by atoms with E-state index >= 15 is 0 Å². The molecule has 0 saturated carbocycles. The Hall–Kier alpha value is -1.36. The van der Waals surface area contributed by atoms with E-state index in [2.05, 4.69) is 10.2 Å². The van der Waals surface area contributed by atoms with Gasteiger partial charge in [-0.15, -0.1) is 0 Å². The molecule has 0 spiro atoms. The second-order valence-corrected chi connectivity index (χ2v) is 5.94. The van der Waals surface area contributed by atoms with Crippen molar-refractivity contribution >= 4 is 5.91 Å². The molecule has 1 rings (SSSR count). The van der Waals surface area contributed by atoms with Crippen LogP contribution in [0.2, 0.25) is 0 Å². The zero-order valence-electron chi connectivity index (χ0n) is 13.4. The molecule has 20 heavy (non-hydrogen) atoms. The highest BCUT2D eigenvalue weighted by atomic mass is 16.3. The summed E-state index contributed by atoms with van der Waals surface area (Å²) in [5, 5.41) is 16.7. The summed E-state index contributed by atoms with van der Waals surface area (Å²) in [6, 6.07) is 0.0934. The minimum absolute atomic E-state index is 0.0772. The molecule has 0 aliphatic carbocycles. The van der Waals surface area contributed by atoms with Gasteiger partial charge in [-0.1, -0.05) is 6.92 Å². The fraction of sp³-hybridized carbons (Fsp3) is 0.733. The molecule has 0 aromatic carbocycles. The van der Waals surface area contributed by atoms with E-state index in [1.165, 1.54) is 0 Å². The SMILES string of the molecule is Cc1n[nH]c(C)c1C(C)CC(=O)N(CC(C)O)C(C)C. The van der Waals surface area contributed by atoms with Gasteiger partial charge in [0.15, 0.2) is 0 Å². The van der Waals surface area contributed by atoms with Gasteiger partial charge >= 0.3 is 0 Å². The summed E-state index contributed by atoms with van der Waals surface area (Å²) in [4.78, 5) is 14.2. The number of carbonyl (C=O) groups excluding carboxylic acids is 1. The second kappa shape index (κ2) is 6.88. The maximum atomic E-state index is 12.4. The highest BCUT2D eigenvalue weighted by molar-refractivity contribution is 5.77. The van der Waals surface area contributed by atoms with Crippen molar-refractivity contribution in [3.63, 3.8) is 0 Å². The monoisotopic (exact) mass is 281 g/mol. The van der Waals surface area contributed by atoms with Crippen LogP contribution in [0.1, 0.15) is 57.0 Å². The molecule has 0 fully saturated rings. The molecule has 0 radical (unpaired) electrons. The number of nitrogens with one attached hydrogen (secondary N) is 1. The van der Waals surface area contributed by atoms with Crippen LogP contribution in [-0.2, 0) is 4.79 Å². The van der Waals surface area contributed by atoms with Crippen molar-refractivity contribution < 1.29 is 9.90 Å². The van der Waals surface area contributed by atoms with E-state index in [4.69, 9.17) is 0 Å². The predicted molar refractivity (Wildman–Crippen MR) is 79.6 cm³/mol. The molecular formula is C15H27N3O2. The summed E-state index contributed by atoms with van der Waals surface area (Å²) in [7, 11) is 0. The minimum Gasteiger partial charge on any atom is -0.392 e. The zero-order chi connectivity index (χ0) is 15.4. The third-order valence-corrected chi connectivity index (χ3v) is 3.56. The number of aromatic nitrogens is 2. The maximum absolute atomic E-state index is 12.4. The van der Waals surface area contributed by atoms with Crippen LogP contribution < -0.4 is 0 Å². The number of aliphatic hydroxyl groups is 1. The topological polar surface area (TPSA) is 69.2 Å². The lowest BCUT2D eigenvalue weighted by molar-refractivity contribution is -0.134. The number of aromatic amines is 1. The Labute approximate surface area is 121 Å². The average molecular weight is 281 g/mol. The van der Waals surface area contributed by atoms with Gasteiger partial charge in [0.2, 0.25) is 5.91 Å². The first-order valence-corrected chi connectivity index (χ1v) is 7.23. The summed E-state index contributed by atoms with van der Waals surface area (Å²) in [6.07, 6.45) is -0.0689. The van der Waals surface area contributed by atoms with Gasteiger partial charge in [-0.2, -0.15) is 5.10 Å². The van der Waals surface area contributed by atoms with Crippen molar-refractivity contribution in [2.75, 3.05) is 6.54 Å². The molecular weight excluding hydrogens is 254 g/mol. The number of hydrogen-bond donors (Lipinski definition) is 2. The van der Waals surface area contributed by atoms with Crippen LogP contribution in [0.3, 0.4) is 0 Å². The Morgan fingerprint density at radius 3 is 2.30 bits per heavy atom. The number of carbonyl (C=O) groups is 1. The molecule has 5 nitrogen and oxygen atoms in total. The van der Waals surface area contributed by atoms with Crippen LogP contribution in [-0.4, -0.2) is 44.8 Å². The number of hydrogen-bond acceptors (Lipinski definition) is 3. The molecule has 0 bridgehead atoms. The van der Waals surface area contributed by atoms with Crippen LogP contribution in [0.5, 0.6) is 0 Å². The average Bonchev–Trinajstić information content (AvgIpc) is 2.65. The van der Waals surface area contributed by atoms with Gasteiger partial charge in [-0.3, -0.25) is 9.89 Å². The summed E-state index contributed by atoms with van der Waals surface area (Å²) in [5.41, 5.74) is 3.10. The van der Waals surface area contributed by atoms with E-state index < -0.39 is 6.10 Å². The number of H-pyrrole nitrogens is 1. The van der Waals surface area contributed by atoms with Crippen molar-refractivity contribution in [1.82, 2.24) is 15.1 Å². The maximum Gasteiger partial charge on any atom is 0.223 e. The van der Waals surface area contributed by atoms with Crippen LogP contribution >= 0.6 is 0 Å². The minimum atomic E-state index is -0.506. The fourth-order valence-corrected chi connectivity index (χ4v) is 2.65. The Morgan fingerprint density at radius 1 is 1.30 bits per heavy atom. The number of aliphatic hydroxyl groups excluding tert-OH is 1. The summed E-state index contributed by atoms with van der Waals surface area (Å²) < 4.78 is 0. The lowest BCUT2D eigenvalue weighted by Crippen LogP contribution is -2.41. The largest absolute Gasteiger partial charge is 0.392 e. The Bertz CT molecular complexity index is 432.